The number of alkyl halides is 3. The molecule has 1 aliphatic carbocycles. The molecule has 0 aromatic carbocycles. The lowest BCUT2D eigenvalue weighted by Crippen LogP contribution is -2.52. The third-order valence-electron chi connectivity index (χ3n) is 2.95. The Hall–Kier alpha value is -0.820. The molecule has 1 fully saturated rings. The van der Waals surface area contributed by atoms with Crippen LogP contribution in [0.1, 0.15) is 25.7 Å². The molecule has 0 heterocycles. The van der Waals surface area contributed by atoms with E-state index in [-0.39, 0.29) is 13.0 Å². The number of hydrogen-bond acceptors (Lipinski definition) is 3. The van der Waals surface area contributed by atoms with Crippen molar-refractivity contribution in [3.63, 3.8) is 0 Å². The van der Waals surface area contributed by atoms with Gasteiger partial charge in [0.15, 0.2) is 0 Å². The van der Waals surface area contributed by atoms with Crippen LogP contribution in [0.4, 0.5) is 13.2 Å². The average molecular weight is 254 g/mol. The SMILES string of the molecule is NC1(CC(=O)N(CCO)CC(F)(F)F)CCC1. The van der Waals surface area contributed by atoms with Crippen LogP contribution in [-0.2, 0) is 4.79 Å². The van der Waals surface area contributed by atoms with Crippen LogP contribution < -0.4 is 5.73 Å². The van der Waals surface area contributed by atoms with Crippen molar-refractivity contribution < 1.29 is 23.1 Å². The number of halogens is 3. The Morgan fingerprint density at radius 2 is 2.00 bits per heavy atom. The average Bonchev–Trinajstić information content (AvgIpc) is 2.12. The van der Waals surface area contributed by atoms with Gasteiger partial charge in [-0.3, -0.25) is 4.79 Å². The molecule has 100 valence electrons. The van der Waals surface area contributed by atoms with Crippen molar-refractivity contribution >= 4 is 5.91 Å². The van der Waals surface area contributed by atoms with Gasteiger partial charge in [0.05, 0.1) is 6.61 Å². The molecular weight excluding hydrogens is 237 g/mol. The van der Waals surface area contributed by atoms with Gasteiger partial charge in [0.25, 0.3) is 0 Å². The van der Waals surface area contributed by atoms with Gasteiger partial charge in [-0.05, 0) is 19.3 Å². The highest BCUT2D eigenvalue weighted by atomic mass is 19.4. The molecule has 0 aromatic rings. The van der Waals surface area contributed by atoms with E-state index in [0.29, 0.717) is 17.7 Å². The molecule has 0 atom stereocenters. The Balaban J connectivity index is 2.53. The van der Waals surface area contributed by atoms with E-state index in [0.717, 1.165) is 6.42 Å². The second-order valence-electron chi connectivity index (χ2n) is 4.55. The minimum absolute atomic E-state index is 0.0803. The molecular formula is C10H17F3N2O2. The van der Waals surface area contributed by atoms with Crippen LogP contribution >= 0.6 is 0 Å². The molecule has 1 aliphatic rings. The van der Waals surface area contributed by atoms with Crippen LogP contribution in [0, 0.1) is 0 Å². The summed E-state index contributed by atoms with van der Waals surface area (Å²) >= 11 is 0. The van der Waals surface area contributed by atoms with Crippen LogP contribution in [0.15, 0.2) is 0 Å². The van der Waals surface area contributed by atoms with E-state index in [9.17, 15) is 18.0 Å². The summed E-state index contributed by atoms with van der Waals surface area (Å²) in [4.78, 5) is 12.3. The smallest absolute Gasteiger partial charge is 0.395 e. The van der Waals surface area contributed by atoms with Crippen molar-refractivity contribution in [3.05, 3.63) is 0 Å². The first-order valence-electron chi connectivity index (χ1n) is 5.50. The lowest BCUT2D eigenvalue weighted by molar-refractivity contribution is -0.163. The van der Waals surface area contributed by atoms with E-state index < -0.39 is 30.8 Å². The van der Waals surface area contributed by atoms with Crippen LogP contribution in [0.25, 0.3) is 0 Å². The zero-order valence-electron chi connectivity index (χ0n) is 9.46. The largest absolute Gasteiger partial charge is 0.406 e. The Morgan fingerprint density at radius 3 is 2.35 bits per heavy atom. The van der Waals surface area contributed by atoms with E-state index >= 15 is 0 Å². The highest BCUT2D eigenvalue weighted by molar-refractivity contribution is 5.77. The van der Waals surface area contributed by atoms with Crippen molar-refractivity contribution in [2.24, 2.45) is 5.73 Å². The van der Waals surface area contributed by atoms with Gasteiger partial charge in [-0.1, -0.05) is 0 Å². The van der Waals surface area contributed by atoms with Gasteiger partial charge in [-0.2, -0.15) is 13.2 Å². The Morgan fingerprint density at radius 1 is 1.41 bits per heavy atom. The molecule has 0 saturated heterocycles. The molecule has 1 rings (SSSR count). The summed E-state index contributed by atoms with van der Waals surface area (Å²) < 4.78 is 36.6. The maximum atomic E-state index is 12.2. The number of aliphatic hydroxyl groups excluding tert-OH is 1. The molecule has 7 heteroatoms. The van der Waals surface area contributed by atoms with Crippen molar-refractivity contribution in [3.8, 4) is 0 Å². The van der Waals surface area contributed by atoms with Crippen molar-refractivity contribution in [2.75, 3.05) is 19.7 Å². The monoisotopic (exact) mass is 254 g/mol. The molecule has 0 aromatic heterocycles. The lowest BCUT2D eigenvalue weighted by atomic mass is 9.75. The van der Waals surface area contributed by atoms with Gasteiger partial charge >= 0.3 is 6.18 Å². The predicted molar refractivity (Wildman–Crippen MR) is 55.1 cm³/mol. The standard InChI is InChI=1S/C10H17F3N2O2/c11-10(12,13)7-15(4-5-16)8(17)6-9(14)2-1-3-9/h16H,1-7,14H2. The molecule has 0 radical (unpaired) electrons. The molecule has 0 bridgehead atoms. The molecule has 1 saturated carbocycles. The number of nitrogens with zero attached hydrogens (tertiary/aromatic N) is 1. The number of carbonyl (C=O) groups excluding carboxylic acids is 1. The quantitative estimate of drug-likeness (QED) is 0.756. The van der Waals surface area contributed by atoms with E-state index in [1.54, 1.807) is 0 Å². The van der Waals surface area contributed by atoms with Gasteiger partial charge in [0, 0.05) is 18.5 Å². The Labute approximate surface area is 97.6 Å². The summed E-state index contributed by atoms with van der Waals surface area (Å²) in [6, 6.07) is 0. The molecule has 4 nitrogen and oxygen atoms in total. The summed E-state index contributed by atoms with van der Waals surface area (Å²) in [6.45, 7) is -2.13. The lowest BCUT2D eigenvalue weighted by Gasteiger charge is -2.39. The number of nitrogens with two attached hydrogens (primary N) is 1. The number of aliphatic hydroxyl groups is 1. The second-order valence-corrected chi connectivity index (χ2v) is 4.55. The maximum Gasteiger partial charge on any atom is 0.406 e. The Kier molecular flexibility index (Phi) is 4.37. The molecule has 3 N–H and O–H groups in total. The first-order valence-corrected chi connectivity index (χ1v) is 5.50. The third kappa shape index (κ3) is 4.51. The number of carbonyl (C=O) groups is 1. The normalized spacial score (nSPS) is 18.6. The van der Waals surface area contributed by atoms with Gasteiger partial charge in [-0.25, -0.2) is 0 Å². The fourth-order valence-corrected chi connectivity index (χ4v) is 1.85. The van der Waals surface area contributed by atoms with Crippen LogP contribution in [0.5, 0.6) is 0 Å². The molecule has 0 spiro atoms. The van der Waals surface area contributed by atoms with E-state index in [1.165, 1.54) is 0 Å². The topological polar surface area (TPSA) is 66.6 Å². The minimum atomic E-state index is -4.45. The predicted octanol–water partition coefficient (Wildman–Crippen LogP) is 0.641. The van der Waals surface area contributed by atoms with Crippen LogP contribution in [0.3, 0.4) is 0 Å². The van der Waals surface area contributed by atoms with Gasteiger partial charge in [-0.15, -0.1) is 0 Å². The number of amides is 1. The second kappa shape index (κ2) is 5.22. The van der Waals surface area contributed by atoms with Gasteiger partial charge in [0.2, 0.25) is 5.91 Å². The number of rotatable bonds is 5. The molecule has 17 heavy (non-hydrogen) atoms. The summed E-state index contributed by atoms with van der Waals surface area (Å²) in [6.07, 6.45) is -2.30. The molecule has 1 amide bonds. The van der Waals surface area contributed by atoms with Crippen LogP contribution in [0.2, 0.25) is 0 Å². The highest BCUT2D eigenvalue weighted by Crippen LogP contribution is 2.32. The first-order chi connectivity index (χ1) is 7.76. The zero-order valence-corrected chi connectivity index (χ0v) is 9.46. The van der Waals surface area contributed by atoms with Crippen molar-refractivity contribution in [1.82, 2.24) is 4.90 Å². The minimum Gasteiger partial charge on any atom is -0.395 e. The molecule has 0 unspecified atom stereocenters. The van der Waals surface area contributed by atoms with Crippen LogP contribution in [-0.4, -0.2) is 47.3 Å². The third-order valence-corrected chi connectivity index (χ3v) is 2.95. The zero-order chi connectivity index (χ0) is 13.1. The summed E-state index contributed by atoms with van der Waals surface area (Å²) in [5.41, 5.74) is 5.17. The van der Waals surface area contributed by atoms with Crippen molar-refractivity contribution in [2.45, 2.75) is 37.4 Å². The summed E-state index contributed by atoms with van der Waals surface area (Å²) in [5, 5.41) is 8.66. The van der Waals surface area contributed by atoms with Gasteiger partial charge in [0.1, 0.15) is 6.54 Å². The van der Waals surface area contributed by atoms with E-state index in [4.69, 9.17) is 10.8 Å². The molecule has 0 aliphatic heterocycles. The fourth-order valence-electron chi connectivity index (χ4n) is 1.85. The summed E-state index contributed by atoms with van der Waals surface area (Å²) in [5.74, 6) is -0.640. The summed E-state index contributed by atoms with van der Waals surface area (Å²) in [7, 11) is 0. The first kappa shape index (κ1) is 14.2. The van der Waals surface area contributed by atoms with E-state index in [2.05, 4.69) is 0 Å². The Bertz CT molecular complexity index is 277. The van der Waals surface area contributed by atoms with Crippen molar-refractivity contribution in [1.29, 1.82) is 0 Å². The fraction of sp³-hybridized carbons (Fsp3) is 0.900. The maximum absolute atomic E-state index is 12.2. The highest BCUT2D eigenvalue weighted by Gasteiger charge is 2.38. The van der Waals surface area contributed by atoms with E-state index in [1.807, 2.05) is 0 Å². The number of hydrogen-bond donors (Lipinski definition) is 2. The van der Waals surface area contributed by atoms with Gasteiger partial charge < -0.3 is 15.7 Å².